The molecule has 0 aliphatic heterocycles. The summed E-state index contributed by atoms with van der Waals surface area (Å²) in [5.74, 6) is -0.447. The van der Waals surface area contributed by atoms with E-state index in [1.807, 2.05) is 26.0 Å². The molecule has 0 bridgehead atoms. The summed E-state index contributed by atoms with van der Waals surface area (Å²) in [7, 11) is 0. The van der Waals surface area contributed by atoms with Crippen molar-refractivity contribution in [2.24, 2.45) is 5.92 Å². The Bertz CT molecular complexity index is 446. The summed E-state index contributed by atoms with van der Waals surface area (Å²) in [5.41, 5.74) is 2.13. The molecule has 22 heavy (non-hydrogen) atoms. The fraction of sp³-hybridized carbons (Fsp3) is 0.684. The molecule has 3 heteroatoms. The zero-order valence-corrected chi connectivity index (χ0v) is 14.5. The van der Waals surface area contributed by atoms with Crippen LogP contribution in [0.2, 0.25) is 0 Å². The lowest BCUT2D eigenvalue weighted by molar-refractivity contribution is -0.207. The van der Waals surface area contributed by atoms with Gasteiger partial charge in [0.2, 0.25) is 0 Å². The summed E-state index contributed by atoms with van der Waals surface area (Å²) in [6.07, 6.45) is 6.01. The van der Waals surface area contributed by atoms with Gasteiger partial charge in [-0.1, -0.05) is 52.2 Å². The Hall–Kier alpha value is -1.06. The van der Waals surface area contributed by atoms with Gasteiger partial charge in [0.25, 0.3) is 0 Å². The lowest BCUT2D eigenvalue weighted by atomic mass is 9.82. The minimum Gasteiger partial charge on any atom is -0.508 e. The van der Waals surface area contributed by atoms with Crippen molar-refractivity contribution < 1.29 is 15.3 Å². The first-order valence-electron chi connectivity index (χ1n) is 8.52. The fourth-order valence-corrected chi connectivity index (χ4v) is 3.00. The minimum atomic E-state index is -1.39. The van der Waals surface area contributed by atoms with Crippen molar-refractivity contribution in [1.29, 1.82) is 0 Å². The number of benzene rings is 1. The van der Waals surface area contributed by atoms with Crippen LogP contribution in [0.15, 0.2) is 18.2 Å². The van der Waals surface area contributed by atoms with Crippen LogP contribution in [0, 0.1) is 12.8 Å². The molecule has 0 atom stereocenters. The minimum absolute atomic E-state index is 0.126. The Morgan fingerprint density at radius 1 is 1.14 bits per heavy atom. The van der Waals surface area contributed by atoms with Gasteiger partial charge in [-0.3, -0.25) is 0 Å². The lowest BCUT2D eigenvalue weighted by Crippen LogP contribution is -2.38. The van der Waals surface area contributed by atoms with Gasteiger partial charge < -0.3 is 15.3 Å². The Kier molecular flexibility index (Phi) is 7.37. The molecular weight excluding hydrogens is 276 g/mol. The highest BCUT2D eigenvalue weighted by molar-refractivity contribution is 5.37. The largest absolute Gasteiger partial charge is 0.508 e. The van der Waals surface area contributed by atoms with E-state index >= 15 is 0 Å². The monoisotopic (exact) mass is 308 g/mol. The van der Waals surface area contributed by atoms with E-state index in [2.05, 4.69) is 13.8 Å². The van der Waals surface area contributed by atoms with Gasteiger partial charge in [-0.05, 0) is 49.3 Å². The molecule has 1 aliphatic carbocycles. The second-order valence-electron chi connectivity index (χ2n) is 6.78. The number of rotatable bonds is 3. The van der Waals surface area contributed by atoms with Crippen molar-refractivity contribution in [3.05, 3.63) is 29.3 Å². The first kappa shape index (κ1) is 19.0. The van der Waals surface area contributed by atoms with Gasteiger partial charge in [-0.15, -0.1) is 0 Å². The highest BCUT2D eigenvalue weighted by Crippen LogP contribution is 2.32. The van der Waals surface area contributed by atoms with Gasteiger partial charge in [0.1, 0.15) is 5.75 Å². The molecule has 0 spiro atoms. The fourth-order valence-electron chi connectivity index (χ4n) is 3.00. The first-order chi connectivity index (χ1) is 10.3. The normalized spacial score (nSPS) is 16.3. The number of hydrogen-bond donors (Lipinski definition) is 3. The smallest absolute Gasteiger partial charge is 0.165 e. The average Bonchev–Trinajstić information content (AvgIpc) is 2.48. The molecule has 3 nitrogen and oxygen atoms in total. The quantitative estimate of drug-likeness (QED) is 0.721. The third kappa shape index (κ3) is 5.62. The predicted octanol–water partition coefficient (Wildman–Crippen LogP) is 4.48. The molecule has 1 aromatic rings. The highest BCUT2D eigenvalue weighted by Gasteiger charge is 2.32. The molecule has 0 radical (unpaired) electrons. The number of phenolic OH excluding ortho intramolecular Hbond substituents is 1. The van der Waals surface area contributed by atoms with E-state index in [1.165, 1.54) is 6.42 Å². The summed E-state index contributed by atoms with van der Waals surface area (Å²) in [4.78, 5) is 0. The van der Waals surface area contributed by atoms with Gasteiger partial charge in [-0.25, -0.2) is 0 Å². The third-order valence-electron chi connectivity index (χ3n) is 4.59. The highest BCUT2D eigenvalue weighted by atomic mass is 16.5. The molecule has 1 aliphatic rings. The van der Waals surface area contributed by atoms with E-state index in [4.69, 9.17) is 0 Å². The lowest BCUT2D eigenvalue weighted by Gasteiger charge is -2.33. The Morgan fingerprint density at radius 3 is 2.18 bits per heavy atom. The zero-order valence-electron chi connectivity index (χ0n) is 14.5. The summed E-state index contributed by atoms with van der Waals surface area (Å²) >= 11 is 0. The number of aliphatic hydroxyl groups is 2. The summed E-state index contributed by atoms with van der Waals surface area (Å²) in [5, 5.41) is 28.5. The number of aromatic hydroxyl groups is 1. The molecular formula is C19H32O3. The molecule has 0 aromatic heterocycles. The predicted molar refractivity (Wildman–Crippen MR) is 91.0 cm³/mol. The van der Waals surface area contributed by atoms with Crippen molar-refractivity contribution in [3.8, 4) is 5.75 Å². The van der Waals surface area contributed by atoms with Crippen LogP contribution in [-0.4, -0.2) is 21.1 Å². The number of aryl methyl sites for hydroxylation is 1. The van der Waals surface area contributed by atoms with Gasteiger partial charge in [0.05, 0.1) is 0 Å². The van der Waals surface area contributed by atoms with Crippen molar-refractivity contribution in [2.75, 3.05) is 0 Å². The van der Waals surface area contributed by atoms with Crippen LogP contribution in [0.5, 0.6) is 5.75 Å². The van der Waals surface area contributed by atoms with Gasteiger partial charge in [0.15, 0.2) is 5.79 Å². The summed E-state index contributed by atoms with van der Waals surface area (Å²) < 4.78 is 0. The first-order valence-corrected chi connectivity index (χ1v) is 8.52. The molecule has 1 aromatic carbocycles. The van der Waals surface area contributed by atoms with Crippen molar-refractivity contribution in [3.63, 3.8) is 0 Å². The zero-order chi connectivity index (χ0) is 16.8. The standard InChI is InChI=1S/C10H14O.C9H18O2/c1-7(2)9-5-4-8(3)6-10(9)11;1-2-9(10,11)8-6-4-3-5-7-8/h4-7,11H,1-3H3;8,10-11H,2-7H2,1H3. The van der Waals surface area contributed by atoms with E-state index in [0.717, 1.165) is 36.8 Å². The van der Waals surface area contributed by atoms with Crippen LogP contribution in [0.25, 0.3) is 0 Å². The molecule has 126 valence electrons. The third-order valence-corrected chi connectivity index (χ3v) is 4.59. The van der Waals surface area contributed by atoms with Crippen molar-refractivity contribution >= 4 is 0 Å². The van der Waals surface area contributed by atoms with Gasteiger partial charge in [0, 0.05) is 5.92 Å². The van der Waals surface area contributed by atoms with E-state index in [9.17, 15) is 15.3 Å². The van der Waals surface area contributed by atoms with Crippen LogP contribution in [0.4, 0.5) is 0 Å². The number of phenols is 1. The number of hydrogen-bond acceptors (Lipinski definition) is 3. The Balaban J connectivity index is 0.000000220. The molecule has 1 saturated carbocycles. The Morgan fingerprint density at radius 2 is 1.73 bits per heavy atom. The second kappa shape index (κ2) is 8.54. The maximum absolute atomic E-state index is 9.50. The van der Waals surface area contributed by atoms with E-state index in [-0.39, 0.29) is 5.92 Å². The van der Waals surface area contributed by atoms with Crippen LogP contribution in [-0.2, 0) is 0 Å². The topological polar surface area (TPSA) is 60.7 Å². The van der Waals surface area contributed by atoms with E-state index in [0.29, 0.717) is 18.1 Å². The molecule has 0 heterocycles. The van der Waals surface area contributed by atoms with E-state index in [1.54, 1.807) is 6.07 Å². The van der Waals surface area contributed by atoms with Crippen LogP contribution in [0.1, 0.15) is 76.3 Å². The molecule has 3 N–H and O–H groups in total. The van der Waals surface area contributed by atoms with Gasteiger partial charge >= 0.3 is 0 Å². The maximum Gasteiger partial charge on any atom is 0.165 e. The average molecular weight is 308 g/mol. The van der Waals surface area contributed by atoms with Crippen molar-refractivity contribution in [2.45, 2.75) is 77.9 Å². The van der Waals surface area contributed by atoms with E-state index < -0.39 is 5.79 Å². The summed E-state index contributed by atoms with van der Waals surface area (Å²) in [6, 6.07) is 5.81. The van der Waals surface area contributed by atoms with Crippen molar-refractivity contribution in [1.82, 2.24) is 0 Å². The maximum atomic E-state index is 9.50. The molecule has 0 saturated heterocycles. The molecule has 0 amide bonds. The summed E-state index contributed by atoms with van der Waals surface area (Å²) in [6.45, 7) is 7.95. The van der Waals surface area contributed by atoms with Crippen LogP contribution in [0.3, 0.4) is 0 Å². The second-order valence-corrected chi connectivity index (χ2v) is 6.78. The van der Waals surface area contributed by atoms with Crippen LogP contribution < -0.4 is 0 Å². The Labute approximate surface area is 135 Å². The molecule has 2 rings (SSSR count). The molecule has 1 fully saturated rings. The molecule has 0 unspecified atom stereocenters. The van der Waals surface area contributed by atoms with Gasteiger partial charge in [-0.2, -0.15) is 0 Å². The van der Waals surface area contributed by atoms with Crippen LogP contribution >= 0.6 is 0 Å². The SMILES string of the molecule is CCC(O)(O)C1CCCCC1.Cc1ccc(C(C)C)c(O)c1.